The second-order valence-electron chi connectivity index (χ2n) is 3.39. The summed E-state index contributed by atoms with van der Waals surface area (Å²) in [7, 11) is 0. The van der Waals surface area contributed by atoms with Crippen molar-refractivity contribution < 1.29 is 19.8 Å². The second-order valence-corrected chi connectivity index (χ2v) is 3.39. The molecule has 72 valence electrons. The molecule has 1 aliphatic carbocycles. The van der Waals surface area contributed by atoms with Crippen LogP contribution in [0.2, 0.25) is 0 Å². The zero-order chi connectivity index (χ0) is 10.1. The van der Waals surface area contributed by atoms with E-state index in [1.54, 1.807) is 13.0 Å². The predicted molar refractivity (Wildman–Crippen MR) is 45.2 cm³/mol. The number of allylic oxidation sites excluding steroid dienone is 2. The van der Waals surface area contributed by atoms with Crippen molar-refractivity contribution in [3.8, 4) is 0 Å². The minimum atomic E-state index is -1.62. The van der Waals surface area contributed by atoms with Crippen LogP contribution in [0.15, 0.2) is 12.2 Å². The minimum absolute atomic E-state index is 0.0822. The van der Waals surface area contributed by atoms with Gasteiger partial charge in [0.2, 0.25) is 0 Å². The summed E-state index contributed by atoms with van der Waals surface area (Å²) in [5.41, 5.74) is -1.62. The van der Waals surface area contributed by atoms with Gasteiger partial charge < -0.3 is 10.2 Å². The van der Waals surface area contributed by atoms with Crippen molar-refractivity contribution in [3.05, 3.63) is 12.2 Å². The number of carboxylic acid groups (broad SMARTS) is 2. The molecule has 4 heteroatoms. The van der Waals surface area contributed by atoms with Crippen LogP contribution >= 0.6 is 0 Å². The van der Waals surface area contributed by atoms with E-state index < -0.39 is 17.4 Å². The van der Waals surface area contributed by atoms with Crippen LogP contribution in [0, 0.1) is 11.3 Å². The van der Waals surface area contributed by atoms with Gasteiger partial charge >= 0.3 is 11.9 Å². The SMILES string of the molecule is CC1CC=CCC1(C(=O)O)C(=O)O. The molecule has 1 unspecified atom stereocenters. The summed E-state index contributed by atoms with van der Waals surface area (Å²) in [6.07, 6.45) is 4.05. The monoisotopic (exact) mass is 184 g/mol. The third-order valence-electron chi connectivity index (χ3n) is 2.70. The van der Waals surface area contributed by atoms with Crippen molar-refractivity contribution in [1.29, 1.82) is 0 Å². The summed E-state index contributed by atoms with van der Waals surface area (Å²) in [5.74, 6) is -2.83. The Labute approximate surface area is 75.9 Å². The van der Waals surface area contributed by atoms with Gasteiger partial charge in [0.1, 0.15) is 0 Å². The molecule has 1 rings (SSSR count). The van der Waals surface area contributed by atoms with Crippen molar-refractivity contribution in [1.82, 2.24) is 0 Å². The van der Waals surface area contributed by atoms with E-state index in [1.807, 2.05) is 6.08 Å². The quantitative estimate of drug-likeness (QED) is 0.498. The van der Waals surface area contributed by atoms with E-state index >= 15 is 0 Å². The molecule has 0 radical (unpaired) electrons. The number of carboxylic acids is 2. The van der Waals surface area contributed by atoms with Crippen LogP contribution < -0.4 is 0 Å². The lowest BCUT2D eigenvalue weighted by atomic mass is 9.69. The van der Waals surface area contributed by atoms with Gasteiger partial charge in [-0.2, -0.15) is 0 Å². The summed E-state index contributed by atoms with van der Waals surface area (Å²) < 4.78 is 0. The summed E-state index contributed by atoms with van der Waals surface area (Å²) >= 11 is 0. The van der Waals surface area contributed by atoms with Crippen LogP contribution in [0.1, 0.15) is 19.8 Å². The molecule has 0 saturated heterocycles. The van der Waals surface area contributed by atoms with E-state index in [0.717, 1.165) is 0 Å². The maximum absolute atomic E-state index is 10.9. The minimum Gasteiger partial charge on any atom is -0.480 e. The van der Waals surface area contributed by atoms with Crippen LogP contribution in [0.25, 0.3) is 0 Å². The molecule has 0 aromatic rings. The van der Waals surface area contributed by atoms with Gasteiger partial charge in [0.05, 0.1) is 0 Å². The third-order valence-corrected chi connectivity index (χ3v) is 2.70. The number of hydrogen-bond acceptors (Lipinski definition) is 2. The molecule has 1 aliphatic rings. The molecule has 0 amide bonds. The summed E-state index contributed by atoms with van der Waals surface area (Å²) in [6, 6.07) is 0. The van der Waals surface area contributed by atoms with Crippen LogP contribution in [-0.4, -0.2) is 22.2 Å². The Morgan fingerprint density at radius 2 is 1.85 bits per heavy atom. The van der Waals surface area contributed by atoms with Gasteiger partial charge in [-0.15, -0.1) is 0 Å². The summed E-state index contributed by atoms with van der Waals surface area (Å²) in [5, 5.41) is 17.8. The van der Waals surface area contributed by atoms with Gasteiger partial charge in [-0.1, -0.05) is 19.1 Å². The highest BCUT2D eigenvalue weighted by Crippen LogP contribution is 2.38. The maximum Gasteiger partial charge on any atom is 0.321 e. The van der Waals surface area contributed by atoms with Crippen molar-refractivity contribution in [2.45, 2.75) is 19.8 Å². The first kappa shape index (κ1) is 9.77. The zero-order valence-corrected chi connectivity index (χ0v) is 7.36. The Morgan fingerprint density at radius 3 is 2.15 bits per heavy atom. The molecule has 0 fully saturated rings. The molecule has 0 bridgehead atoms. The van der Waals surface area contributed by atoms with E-state index in [4.69, 9.17) is 10.2 Å². The first-order valence-electron chi connectivity index (χ1n) is 4.13. The Morgan fingerprint density at radius 1 is 1.31 bits per heavy atom. The molecule has 0 aromatic carbocycles. The summed E-state index contributed by atoms with van der Waals surface area (Å²) in [6.45, 7) is 1.66. The van der Waals surface area contributed by atoms with E-state index in [2.05, 4.69) is 0 Å². The van der Waals surface area contributed by atoms with Crippen LogP contribution in [0.3, 0.4) is 0 Å². The maximum atomic E-state index is 10.9. The lowest BCUT2D eigenvalue weighted by Gasteiger charge is -2.32. The molecule has 1 atom stereocenters. The van der Waals surface area contributed by atoms with Gasteiger partial charge in [0.15, 0.2) is 5.41 Å². The van der Waals surface area contributed by atoms with E-state index in [9.17, 15) is 9.59 Å². The fourth-order valence-electron chi connectivity index (χ4n) is 1.66. The first-order chi connectivity index (χ1) is 6.01. The number of carbonyl (C=O) groups is 2. The molecular formula is C9H12O4. The summed E-state index contributed by atoms with van der Waals surface area (Å²) in [4.78, 5) is 21.8. The van der Waals surface area contributed by atoms with Crippen molar-refractivity contribution in [3.63, 3.8) is 0 Å². The van der Waals surface area contributed by atoms with Crippen LogP contribution in [-0.2, 0) is 9.59 Å². The standard InChI is InChI=1S/C9H12O4/c1-6-4-2-3-5-9(6,7(10)11)8(12)13/h2-3,6H,4-5H2,1H3,(H,10,11)(H,12,13). The van der Waals surface area contributed by atoms with E-state index in [0.29, 0.717) is 6.42 Å². The average Bonchev–Trinajstić information content (AvgIpc) is 2.04. The Kier molecular flexibility index (Phi) is 2.40. The predicted octanol–water partition coefficient (Wildman–Crippen LogP) is 1.13. The van der Waals surface area contributed by atoms with Gasteiger partial charge in [-0.05, 0) is 18.8 Å². The van der Waals surface area contributed by atoms with Gasteiger partial charge in [0.25, 0.3) is 0 Å². The highest BCUT2D eigenvalue weighted by atomic mass is 16.4. The fourth-order valence-corrected chi connectivity index (χ4v) is 1.66. The number of rotatable bonds is 2. The normalized spacial score (nSPS) is 25.5. The van der Waals surface area contributed by atoms with Gasteiger partial charge in [-0.25, -0.2) is 0 Å². The molecule has 13 heavy (non-hydrogen) atoms. The lowest BCUT2D eigenvalue weighted by Crippen LogP contribution is -2.45. The Balaban J connectivity index is 3.09. The van der Waals surface area contributed by atoms with Crippen LogP contribution in [0.5, 0.6) is 0 Å². The zero-order valence-electron chi connectivity index (χ0n) is 7.36. The third kappa shape index (κ3) is 1.32. The van der Waals surface area contributed by atoms with Crippen molar-refractivity contribution in [2.24, 2.45) is 11.3 Å². The molecule has 2 N–H and O–H groups in total. The second kappa shape index (κ2) is 3.20. The molecule has 0 saturated carbocycles. The molecule has 0 heterocycles. The first-order valence-corrected chi connectivity index (χ1v) is 4.13. The van der Waals surface area contributed by atoms with Gasteiger partial charge in [0, 0.05) is 0 Å². The van der Waals surface area contributed by atoms with E-state index in [1.165, 1.54) is 0 Å². The molecular weight excluding hydrogens is 172 g/mol. The Hall–Kier alpha value is -1.32. The molecule has 0 spiro atoms. The van der Waals surface area contributed by atoms with Crippen LogP contribution in [0.4, 0.5) is 0 Å². The highest BCUT2D eigenvalue weighted by Gasteiger charge is 2.50. The van der Waals surface area contributed by atoms with E-state index in [-0.39, 0.29) is 12.3 Å². The smallest absolute Gasteiger partial charge is 0.321 e. The Bertz CT molecular complexity index is 253. The van der Waals surface area contributed by atoms with Crippen molar-refractivity contribution >= 4 is 11.9 Å². The topological polar surface area (TPSA) is 74.6 Å². The largest absolute Gasteiger partial charge is 0.480 e. The van der Waals surface area contributed by atoms with Crippen molar-refractivity contribution in [2.75, 3.05) is 0 Å². The molecule has 0 aromatic heterocycles. The fraction of sp³-hybridized carbons (Fsp3) is 0.556. The highest BCUT2D eigenvalue weighted by molar-refractivity contribution is 5.99. The van der Waals surface area contributed by atoms with Gasteiger partial charge in [-0.3, -0.25) is 9.59 Å². The molecule has 0 aliphatic heterocycles. The lowest BCUT2D eigenvalue weighted by molar-refractivity contribution is -0.169. The number of hydrogen-bond donors (Lipinski definition) is 2. The average molecular weight is 184 g/mol. The number of aliphatic carboxylic acids is 2. The molecule has 4 nitrogen and oxygen atoms in total.